The van der Waals surface area contributed by atoms with Crippen molar-refractivity contribution in [2.45, 2.75) is 31.7 Å². The molecule has 0 saturated heterocycles. The van der Waals surface area contributed by atoms with Gasteiger partial charge < -0.3 is 10.4 Å². The Morgan fingerprint density at radius 1 is 1.15 bits per heavy atom. The monoisotopic (exact) mass is 433 g/mol. The summed E-state index contributed by atoms with van der Waals surface area (Å²) in [7, 11) is 0. The summed E-state index contributed by atoms with van der Waals surface area (Å²) in [6.45, 7) is 1.34. The highest BCUT2D eigenvalue weighted by Gasteiger charge is 2.60. The van der Waals surface area contributed by atoms with Crippen LogP contribution in [0.1, 0.15) is 23.6 Å². The Balaban J connectivity index is 2.30. The van der Waals surface area contributed by atoms with Crippen LogP contribution >= 0.6 is 15.9 Å². The lowest BCUT2D eigenvalue weighted by molar-refractivity contribution is -0.257. The summed E-state index contributed by atoms with van der Waals surface area (Å²) in [6.07, 6.45) is -4.68. The van der Waals surface area contributed by atoms with E-state index in [0.29, 0.717) is 10.9 Å². The lowest BCUT2D eigenvalue weighted by atomic mass is 9.92. The van der Waals surface area contributed by atoms with Gasteiger partial charge in [-0.1, -0.05) is 53.2 Å². The third-order valence-electron chi connectivity index (χ3n) is 3.97. The first-order valence-corrected chi connectivity index (χ1v) is 8.50. The van der Waals surface area contributed by atoms with Gasteiger partial charge in [0.25, 0.3) is 11.5 Å². The first-order valence-electron chi connectivity index (χ1n) is 7.71. The summed E-state index contributed by atoms with van der Waals surface area (Å²) in [5, 5.41) is 12.1. The third-order valence-corrected chi connectivity index (χ3v) is 4.70. The number of halogens is 5. The van der Waals surface area contributed by atoms with Crippen molar-refractivity contribution in [3.05, 3.63) is 69.4 Å². The molecule has 2 rings (SSSR count). The zero-order valence-corrected chi connectivity index (χ0v) is 15.3. The fourth-order valence-electron chi connectivity index (χ4n) is 2.46. The molecule has 26 heavy (non-hydrogen) atoms. The quantitative estimate of drug-likeness (QED) is 0.693. The summed E-state index contributed by atoms with van der Waals surface area (Å²) < 4.78 is 54.8. The molecule has 0 heterocycles. The summed E-state index contributed by atoms with van der Waals surface area (Å²) in [4.78, 5) is 12.2. The minimum Gasteiger partial charge on any atom is -0.369 e. The molecule has 0 fully saturated rings. The molecular weight excluding hydrogens is 418 g/mol. The van der Waals surface area contributed by atoms with E-state index in [1.807, 2.05) is 12.2 Å². The van der Waals surface area contributed by atoms with Gasteiger partial charge in [0.2, 0.25) is 0 Å². The molecule has 2 aromatic carbocycles. The number of carbonyl (C=O) groups is 1. The molecule has 0 spiro atoms. The maximum Gasteiger partial charge on any atom is 0.430 e. The van der Waals surface area contributed by atoms with Crippen molar-refractivity contribution in [3.63, 3.8) is 0 Å². The number of alkyl halides is 3. The van der Waals surface area contributed by atoms with E-state index in [-0.39, 0.29) is 5.56 Å². The average molecular weight is 434 g/mol. The van der Waals surface area contributed by atoms with Crippen molar-refractivity contribution in [2.24, 2.45) is 0 Å². The third kappa shape index (κ3) is 3.91. The van der Waals surface area contributed by atoms with Crippen LogP contribution in [0.3, 0.4) is 0 Å². The molecule has 140 valence electrons. The first-order chi connectivity index (χ1) is 12.1. The van der Waals surface area contributed by atoms with Gasteiger partial charge in [-0.3, -0.25) is 4.79 Å². The zero-order chi connectivity index (χ0) is 19.5. The number of nitrogens with one attached hydrogen (secondary N) is 1. The molecule has 0 bridgehead atoms. The van der Waals surface area contributed by atoms with Crippen molar-refractivity contribution in [1.82, 2.24) is 5.32 Å². The van der Waals surface area contributed by atoms with Crippen LogP contribution in [0.15, 0.2) is 46.9 Å². The number of amides is 1. The molecule has 0 saturated carbocycles. The number of hydrogen-bond acceptors (Lipinski definition) is 2. The number of benzene rings is 2. The fraction of sp³-hybridized carbons (Fsp3) is 0.278. The van der Waals surface area contributed by atoms with E-state index in [1.54, 1.807) is 0 Å². The van der Waals surface area contributed by atoms with Crippen molar-refractivity contribution in [1.29, 1.82) is 0 Å². The van der Waals surface area contributed by atoms with Crippen LogP contribution in [-0.4, -0.2) is 17.2 Å². The van der Waals surface area contributed by atoms with Crippen LogP contribution in [-0.2, 0) is 23.4 Å². The molecule has 1 amide bonds. The number of carbonyl (C=O) groups excluding carboxylic acids is 1. The molecule has 2 N–H and O–H groups in total. The van der Waals surface area contributed by atoms with Crippen LogP contribution in [0.4, 0.5) is 17.6 Å². The summed E-state index contributed by atoms with van der Waals surface area (Å²) in [5.74, 6) is -2.35. The molecule has 2 aromatic rings. The number of aliphatic hydroxyl groups is 1. The minimum absolute atomic E-state index is 0.0241. The van der Waals surface area contributed by atoms with Gasteiger partial charge in [-0.05, 0) is 24.1 Å². The Morgan fingerprint density at radius 2 is 1.77 bits per heavy atom. The molecule has 0 aliphatic rings. The van der Waals surface area contributed by atoms with Crippen LogP contribution in [0.5, 0.6) is 0 Å². The maximum absolute atomic E-state index is 14.0. The van der Waals surface area contributed by atoms with Crippen LogP contribution in [0, 0.1) is 5.82 Å². The summed E-state index contributed by atoms with van der Waals surface area (Å²) >= 11 is 3.19. The molecule has 3 nitrogen and oxygen atoms in total. The average Bonchev–Trinajstić information content (AvgIpc) is 2.59. The summed E-state index contributed by atoms with van der Waals surface area (Å²) in [5.41, 5.74) is -3.58. The highest BCUT2D eigenvalue weighted by atomic mass is 79.9. The number of rotatable bonds is 5. The highest BCUT2D eigenvalue weighted by Crippen LogP contribution is 2.39. The fourth-order valence-corrected chi connectivity index (χ4v) is 3.05. The molecule has 0 aliphatic carbocycles. The Morgan fingerprint density at radius 3 is 2.31 bits per heavy atom. The van der Waals surface area contributed by atoms with Crippen molar-refractivity contribution < 1.29 is 27.5 Å². The Hall–Kier alpha value is -1.93. The maximum atomic E-state index is 14.0. The van der Waals surface area contributed by atoms with Gasteiger partial charge in [0, 0.05) is 22.1 Å². The topological polar surface area (TPSA) is 49.3 Å². The Labute approximate surface area is 156 Å². The van der Waals surface area contributed by atoms with Crippen molar-refractivity contribution in [2.75, 3.05) is 0 Å². The van der Waals surface area contributed by atoms with Gasteiger partial charge in [-0.25, -0.2) is 4.39 Å². The van der Waals surface area contributed by atoms with E-state index in [9.17, 15) is 27.5 Å². The van der Waals surface area contributed by atoms with E-state index in [0.717, 1.165) is 17.7 Å². The predicted molar refractivity (Wildman–Crippen MR) is 91.7 cm³/mol. The highest BCUT2D eigenvalue weighted by molar-refractivity contribution is 9.10. The molecule has 1 atom stereocenters. The molecular formula is C18H16BrF4NO2. The predicted octanol–water partition coefficient (Wildman–Crippen LogP) is 4.22. The van der Waals surface area contributed by atoms with E-state index in [2.05, 4.69) is 15.9 Å². The molecule has 0 radical (unpaired) electrons. The van der Waals surface area contributed by atoms with Crippen LogP contribution in [0.2, 0.25) is 0 Å². The zero-order valence-electron chi connectivity index (χ0n) is 13.7. The summed E-state index contributed by atoms with van der Waals surface area (Å²) in [6, 6.07) is 8.66. The Bertz CT molecular complexity index is 796. The van der Waals surface area contributed by atoms with Gasteiger partial charge in [-0.15, -0.1) is 0 Å². The lowest BCUT2D eigenvalue weighted by Crippen LogP contribution is -2.54. The van der Waals surface area contributed by atoms with Crippen LogP contribution in [0.25, 0.3) is 0 Å². The molecule has 8 heteroatoms. The molecule has 0 aliphatic heterocycles. The Kier molecular flexibility index (Phi) is 6.08. The largest absolute Gasteiger partial charge is 0.430 e. The van der Waals surface area contributed by atoms with Crippen LogP contribution < -0.4 is 5.32 Å². The van der Waals surface area contributed by atoms with Gasteiger partial charge in [0.1, 0.15) is 5.82 Å². The van der Waals surface area contributed by atoms with Gasteiger partial charge >= 0.3 is 6.18 Å². The van der Waals surface area contributed by atoms with E-state index in [4.69, 9.17) is 0 Å². The van der Waals surface area contributed by atoms with Gasteiger partial charge in [0.15, 0.2) is 0 Å². The van der Waals surface area contributed by atoms with Gasteiger partial charge in [0.05, 0.1) is 0 Å². The van der Waals surface area contributed by atoms with Crippen molar-refractivity contribution >= 4 is 21.8 Å². The standard InChI is InChI=1S/C18H16BrF4NO2/c1-2-11-8-12(15(20)9-14(11)19)10-24-16(25)17(26,18(21,22)23)13-6-4-3-5-7-13/h3-9,26H,2,10H2,1H3,(H,24,25)/t17-/m1/s1. The number of hydrogen-bond donors (Lipinski definition) is 2. The van der Waals surface area contributed by atoms with E-state index in [1.165, 1.54) is 30.3 Å². The normalized spacial score (nSPS) is 14.0. The first kappa shape index (κ1) is 20.4. The second-order valence-electron chi connectivity index (χ2n) is 5.65. The smallest absolute Gasteiger partial charge is 0.369 e. The SMILES string of the molecule is CCc1cc(CNC(=O)[C@](O)(c2ccccc2)C(F)(F)F)c(F)cc1Br. The molecule has 0 unspecified atom stereocenters. The molecule has 0 aromatic heterocycles. The second kappa shape index (κ2) is 7.75. The van der Waals surface area contributed by atoms with E-state index >= 15 is 0 Å². The second-order valence-corrected chi connectivity index (χ2v) is 6.50. The van der Waals surface area contributed by atoms with Gasteiger partial charge in [-0.2, -0.15) is 13.2 Å². The van der Waals surface area contributed by atoms with Crippen molar-refractivity contribution in [3.8, 4) is 0 Å². The minimum atomic E-state index is -5.24. The lowest BCUT2D eigenvalue weighted by Gasteiger charge is -2.29. The number of aryl methyl sites for hydroxylation is 1. The van der Waals surface area contributed by atoms with E-state index < -0.39 is 35.6 Å².